The van der Waals surface area contributed by atoms with E-state index in [1.54, 1.807) is 36.4 Å². The molecule has 6 heteroatoms. The molecule has 1 fully saturated rings. The molecule has 2 aliphatic rings. The Kier molecular flexibility index (Phi) is 5.62. The van der Waals surface area contributed by atoms with Crippen LogP contribution >= 0.6 is 0 Å². The van der Waals surface area contributed by atoms with Crippen molar-refractivity contribution in [1.29, 1.82) is 0 Å². The summed E-state index contributed by atoms with van der Waals surface area (Å²) in [4.78, 5) is 27.1. The Labute approximate surface area is 170 Å². The lowest BCUT2D eigenvalue weighted by atomic mass is 10.0. The summed E-state index contributed by atoms with van der Waals surface area (Å²) in [5.41, 5.74) is 3.52. The van der Waals surface area contributed by atoms with E-state index >= 15 is 0 Å². The average molecular weight is 391 g/mol. The molecule has 2 heterocycles. The monoisotopic (exact) mass is 391 g/mol. The highest BCUT2D eigenvalue weighted by Gasteiger charge is 2.24. The fourth-order valence-corrected chi connectivity index (χ4v) is 3.81. The molecule has 2 amide bonds. The van der Waals surface area contributed by atoms with Crippen LogP contribution in [-0.4, -0.2) is 41.5 Å². The van der Waals surface area contributed by atoms with E-state index in [1.807, 2.05) is 12.1 Å². The van der Waals surface area contributed by atoms with E-state index in [1.165, 1.54) is 19.3 Å². The van der Waals surface area contributed by atoms with Gasteiger partial charge in [0.25, 0.3) is 5.91 Å². The van der Waals surface area contributed by atoms with E-state index in [2.05, 4.69) is 15.5 Å². The number of phenolic OH excluding ortho intramolecular Hbond substituents is 1. The lowest BCUT2D eigenvalue weighted by Gasteiger charge is -2.25. The summed E-state index contributed by atoms with van der Waals surface area (Å²) in [5.74, 6) is -0.0171. The van der Waals surface area contributed by atoms with Crippen LogP contribution < -0.4 is 10.6 Å². The normalized spacial score (nSPS) is 17.8. The van der Waals surface area contributed by atoms with Gasteiger partial charge in [0.05, 0.1) is 0 Å². The molecule has 0 spiro atoms. The number of aromatic hydroxyl groups is 1. The lowest BCUT2D eigenvalue weighted by molar-refractivity contribution is -0.116. The number of hydrogen-bond donors (Lipinski definition) is 3. The van der Waals surface area contributed by atoms with Gasteiger partial charge in [-0.1, -0.05) is 18.6 Å². The van der Waals surface area contributed by atoms with Crippen LogP contribution in [0.15, 0.2) is 42.5 Å². The number of carbonyl (C=O) groups is 2. The number of phenols is 1. The Morgan fingerprint density at radius 2 is 1.86 bits per heavy atom. The van der Waals surface area contributed by atoms with Crippen LogP contribution in [-0.2, 0) is 9.59 Å². The number of benzene rings is 2. The van der Waals surface area contributed by atoms with Crippen molar-refractivity contribution < 1.29 is 14.7 Å². The Morgan fingerprint density at radius 1 is 1.10 bits per heavy atom. The molecule has 3 N–H and O–H groups in total. The van der Waals surface area contributed by atoms with Crippen molar-refractivity contribution >= 4 is 34.8 Å². The first kappa shape index (κ1) is 19.2. The molecule has 0 radical (unpaired) electrons. The van der Waals surface area contributed by atoms with Crippen molar-refractivity contribution in [2.45, 2.75) is 25.7 Å². The summed E-state index contributed by atoms with van der Waals surface area (Å²) in [7, 11) is 0. The third-order valence-electron chi connectivity index (χ3n) is 5.39. The number of amides is 2. The highest BCUT2D eigenvalue weighted by Crippen LogP contribution is 2.35. The highest BCUT2D eigenvalue weighted by molar-refractivity contribution is 6.35. The standard InChI is InChI=1S/C23H25N3O3/c27-18-7-4-16(5-8-18)14-20-19-15-17(6-9-21(19)25-23(20)29)24-22(28)10-13-26-11-2-1-3-12-26/h4-9,14-15,27H,1-3,10-13H2,(H,24,28)(H,25,29)/b20-14+. The molecule has 1 saturated heterocycles. The summed E-state index contributed by atoms with van der Waals surface area (Å²) in [6.07, 6.45) is 5.95. The van der Waals surface area contributed by atoms with Crippen molar-refractivity contribution in [3.63, 3.8) is 0 Å². The first-order valence-corrected chi connectivity index (χ1v) is 10.1. The predicted octanol–water partition coefficient (Wildman–Crippen LogP) is 3.70. The molecule has 0 atom stereocenters. The number of carbonyl (C=O) groups excluding carboxylic acids is 2. The van der Waals surface area contributed by atoms with Gasteiger partial charge in [-0.2, -0.15) is 0 Å². The van der Waals surface area contributed by atoms with Gasteiger partial charge in [0.15, 0.2) is 0 Å². The maximum absolute atomic E-state index is 12.4. The Hall–Kier alpha value is -3.12. The summed E-state index contributed by atoms with van der Waals surface area (Å²) < 4.78 is 0. The van der Waals surface area contributed by atoms with Crippen LogP contribution in [0.1, 0.15) is 36.8 Å². The van der Waals surface area contributed by atoms with Crippen molar-refractivity contribution in [1.82, 2.24) is 4.90 Å². The molecule has 4 rings (SSSR count). The van der Waals surface area contributed by atoms with Gasteiger partial charge < -0.3 is 20.6 Å². The smallest absolute Gasteiger partial charge is 0.256 e. The summed E-state index contributed by atoms with van der Waals surface area (Å²) in [5, 5.41) is 15.2. The molecular weight excluding hydrogens is 366 g/mol. The summed E-state index contributed by atoms with van der Waals surface area (Å²) in [6, 6.07) is 12.1. The minimum Gasteiger partial charge on any atom is -0.508 e. The van der Waals surface area contributed by atoms with E-state index < -0.39 is 0 Å². The molecule has 2 aromatic rings. The van der Waals surface area contributed by atoms with Gasteiger partial charge in [-0.05, 0) is 67.9 Å². The molecule has 150 valence electrons. The fourth-order valence-electron chi connectivity index (χ4n) is 3.81. The second-order valence-electron chi connectivity index (χ2n) is 7.56. The number of likely N-dealkylation sites (tertiary alicyclic amines) is 1. The number of nitrogens with zero attached hydrogens (tertiary/aromatic N) is 1. The van der Waals surface area contributed by atoms with Gasteiger partial charge in [0.2, 0.25) is 5.91 Å². The number of piperidine rings is 1. The second kappa shape index (κ2) is 8.49. The minimum atomic E-state index is -0.179. The van der Waals surface area contributed by atoms with E-state index in [0.29, 0.717) is 17.7 Å². The molecule has 0 aliphatic carbocycles. The number of hydrogen-bond acceptors (Lipinski definition) is 4. The topological polar surface area (TPSA) is 81.7 Å². The maximum atomic E-state index is 12.4. The van der Waals surface area contributed by atoms with Gasteiger partial charge in [0, 0.05) is 35.5 Å². The van der Waals surface area contributed by atoms with Crippen LogP contribution in [0.4, 0.5) is 11.4 Å². The van der Waals surface area contributed by atoms with Crippen LogP contribution in [0.3, 0.4) is 0 Å². The molecule has 6 nitrogen and oxygen atoms in total. The van der Waals surface area contributed by atoms with Gasteiger partial charge in [-0.25, -0.2) is 0 Å². The van der Waals surface area contributed by atoms with E-state index in [9.17, 15) is 14.7 Å². The van der Waals surface area contributed by atoms with Crippen molar-refractivity contribution in [2.75, 3.05) is 30.3 Å². The fraction of sp³-hybridized carbons (Fsp3) is 0.304. The zero-order valence-electron chi connectivity index (χ0n) is 16.3. The molecule has 29 heavy (non-hydrogen) atoms. The SMILES string of the molecule is O=C(CCN1CCCCC1)Nc1ccc2c(c1)/C(=C\c1ccc(O)cc1)C(=O)N2. The Bertz CT molecular complexity index is 944. The van der Waals surface area contributed by atoms with Crippen LogP contribution in [0, 0.1) is 0 Å². The van der Waals surface area contributed by atoms with Gasteiger partial charge >= 0.3 is 0 Å². The van der Waals surface area contributed by atoms with Crippen molar-refractivity contribution in [2.24, 2.45) is 0 Å². The zero-order valence-corrected chi connectivity index (χ0v) is 16.3. The van der Waals surface area contributed by atoms with Crippen molar-refractivity contribution in [3.05, 3.63) is 53.6 Å². The first-order chi connectivity index (χ1) is 14.1. The predicted molar refractivity (Wildman–Crippen MR) is 115 cm³/mol. The number of fused-ring (bicyclic) bond motifs is 1. The first-order valence-electron chi connectivity index (χ1n) is 10.1. The largest absolute Gasteiger partial charge is 0.508 e. The van der Waals surface area contributed by atoms with E-state index in [0.717, 1.165) is 36.4 Å². The molecule has 0 bridgehead atoms. The zero-order chi connectivity index (χ0) is 20.2. The van der Waals surface area contributed by atoms with E-state index in [-0.39, 0.29) is 17.6 Å². The third kappa shape index (κ3) is 4.66. The van der Waals surface area contributed by atoms with Gasteiger partial charge in [0.1, 0.15) is 5.75 Å². The summed E-state index contributed by atoms with van der Waals surface area (Å²) in [6.45, 7) is 2.93. The Morgan fingerprint density at radius 3 is 2.62 bits per heavy atom. The lowest BCUT2D eigenvalue weighted by Crippen LogP contribution is -2.32. The van der Waals surface area contributed by atoms with Gasteiger partial charge in [-0.15, -0.1) is 0 Å². The molecule has 2 aliphatic heterocycles. The molecule has 0 unspecified atom stereocenters. The summed E-state index contributed by atoms with van der Waals surface area (Å²) >= 11 is 0. The average Bonchev–Trinajstić information content (AvgIpc) is 3.03. The highest BCUT2D eigenvalue weighted by atomic mass is 16.3. The molecule has 0 saturated carbocycles. The Balaban J connectivity index is 1.46. The number of nitrogens with one attached hydrogen (secondary N) is 2. The quantitative estimate of drug-likeness (QED) is 0.679. The van der Waals surface area contributed by atoms with Gasteiger partial charge in [-0.3, -0.25) is 9.59 Å². The maximum Gasteiger partial charge on any atom is 0.256 e. The molecular formula is C23H25N3O3. The van der Waals surface area contributed by atoms with Crippen molar-refractivity contribution in [3.8, 4) is 5.75 Å². The molecule has 0 aromatic heterocycles. The third-order valence-corrected chi connectivity index (χ3v) is 5.39. The minimum absolute atomic E-state index is 0.0168. The van der Waals surface area contributed by atoms with Crippen LogP contribution in [0.5, 0.6) is 5.75 Å². The second-order valence-corrected chi connectivity index (χ2v) is 7.56. The number of anilines is 2. The molecule has 2 aromatic carbocycles. The van der Waals surface area contributed by atoms with E-state index in [4.69, 9.17) is 0 Å². The van der Waals surface area contributed by atoms with Crippen LogP contribution in [0.25, 0.3) is 11.6 Å². The number of rotatable bonds is 5. The van der Waals surface area contributed by atoms with Crippen LogP contribution in [0.2, 0.25) is 0 Å².